The maximum atomic E-state index is 9.62. The zero-order valence-corrected chi connectivity index (χ0v) is 9.83. The van der Waals surface area contributed by atoms with Gasteiger partial charge in [0.15, 0.2) is 0 Å². The summed E-state index contributed by atoms with van der Waals surface area (Å²) in [5.74, 6) is 1.24. The highest BCUT2D eigenvalue weighted by Crippen LogP contribution is 2.10. The summed E-state index contributed by atoms with van der Waals surface area (Å²) in [6.45, 7) is 4.69. The van der Waals surface area contributed by atoms with E-state index in [2.05, 4.69) is 24.1 Å². The second kappa shape index (κ2) is 5.93. The Balaban J connectivity index is 2.33. The number of anilines is 1. The van der Waals surface area contributed by atoms with Crippen molar-refractivity contribution >= 4 is 17.4 Å². The summed E-state index contributed by atoms with van der Waals surface area (Å²) in [5, 5.41) is 13.3. The van der Waals surface area contributed by atoms with Gasteiger partial charge in [-0.3, -0.25) is 0 Å². The van der Waals surface area contributed by atoms with E-state index in [1.807, 2.05) is 0 Å². The normalized spacial score (nSPS) is 12.9. The van der Waals surface area contributed by atoms with Gasteiger partial charge in [-0.05, 0) is 24.5 Å². The monoisotopic (exact) mass is 228 g/mol. The molecule has 84 valence electrons. The first-order chi connectivity index (χ1) is 7.08. The smallest absolute Gasteiger partial charge is 0.126 e. The van der Waals surface area contributed by atoms with Crippen LogP contribution in [-0.4, -0.2) is 22.7 Å². The molecule has 0 bridgehead atoms. The van der Waals surface area contributed by atoms with E-state index in [4.69, 9.17) is 11.6 Å². The van der Waals surface area contributed by atoms with Crippen molar-refractivity contribution in [3.8, 4) is 0 Å². The number of pyridine rings is 1. The Kier molecular flexibility index (Phi) is 4.85. The number of aliphatic hydroxyl groups excluding tert-OH is 1. The van der Waals surface area contributed by atoms with E-state index in [1.165, 1.54) is 0 Å². The summed E-state index contributed by atoms with van der Waals surface area (Å²) in [7, 11) is 0. The van der Waals surface area contributed by atoms with Gasteiger partial charge in [-0.25, -0.2) is 4.98 Å². The van der Waals surface area contributed by atoms with Crippen molar-refractivity contribution in [2.45, 2.75) is 26.4 Å². The van der Waals surface area contributed by atoms with E-state index in [-0.39, 0.29) is 6.10 Å². The predicted octanol–water partition coefficient (Wildman–Crippen LogP) is 2.55. The molecule has 0 aliphatic carbocycles. The summed E-state index contributed by atoms with van der Waals surface area (Å²) < 4.78 is 0. The van der Waals surface area contributed by atoms with Crippen LogP contribution in [0.5, 0.6) is 0 Å². The van der Waals surface area contributed by atoms with E-state index in [0.29, 0.717) is 17.5 Å². The number of hydrogen-bond donors (Lipinski definition) is 2. The van der Waals surface area contributed by atoms with Crippen LogP contribution in [0.1, 0.15) is 20.3 Å². The Bertz CT molecular complexity index is 287. The van der Waals surface area contributed by atoms with Gasteiger partial charge in [-0.2, -0.15) is 0 Å². The first-order valence-electron chi connectivity index (χ1n) is 5.11. The first kappa shape index (κ1) is 12.3. The van der Waals surface area contributed by atoms with Gasteiger partial charge in [0.1, 0.15) is 5.82 Å². The summed E-state index contributed by atoms with van der Waals surface area (Å²) in [4.78, 5) is 4.08. The highest BCUT2D eigenvalue weighted by molar-refractivity contribution is 6.30. The third kappa shape index (κ3) is 5.00. The molecule has 0 fully saturated rings. The van der Waals surface area contributed by atoms with Crippen LogP contribution in [0.4, 0.5) is 5.82 Å². The Morgan fingerprint density at radius 2 is 2.20 bits per heavy atom. The molecule has 0 saturated carbocycles. The molecule has 0 aromatic carbocycles. The highest BCUT2D eigenvalue weighted by Gasteiger charge is 2.06. The van der Waals surface area contributed by atoms with Gasteiger partial charge in [0.05, 0.1) is 11.1 Å². The highest BCUT2D eigenvalue weighted by atomic mass is 35.5. The number of hydrogen-bond acceptors (Lipinski definition) is 3. The zero-order chi connectivity index (χ0) is 11.3. The summed E-state index contributed by atoms with van der Waals surface area (Å²) in [6, 6.07) is 3.57. The quantitative estimate of drug-likeness (QED) is 0.814. The van der Waals surface area contributed by atoms with Gasteiger partial charge >= 0.3 is 0 Å². The molecule has 1 unspecified atom stereocenters. The minimum absolute atomic E-state index is 0.331. The molecular weight excluding hydrogens is 212 g/mol. The molecule has 1 heterocycles. The van der Waals surface area contributed by atoms with E-state index in [0.717, 1.165) is 12.2 Å². The molecular formula is C11H17ClN2O. The molecule has 15 heavy (non-hydrogen) atoms. The van der Waals surface area contributed by atoms with Crippen LogP contribution < -0.4 is 5.32 Å². The first-order valence-corrected chi connectivity index (χ1v) is 5.49. The third-order valence-electron chi connectivity index (χ3n) is 1.99. The lowest BCUT2D eigenvalue weighted by atomic mass is 10.1. The maximum Gasteiger partial charge on any atom is 0.126 e. The van der Waals surface area contributed by atoms with Gasteiger partial charge in [0, 0.05) is 12.7 Å². The van der Waals surface area contributed by atoms with Crippen molar-refractivity contribution in [2.24, 2.45) is 5.92 Å². The van der Waals surface area contributed by atoms with Crippen LogP contribution in [0.25, 0.3) is 0 Å². The standard InChI is InChI=1S/C11H17ClN2O/c1-8(2)5-10(15)7-14-11-4-3-9(12)6-13-11/h3-4,6,8,10,15H,5,7H2,1-2H3,(H,13,14). The van der Waals surface area contributed by atoms with Crippen LogP contribution >= 0.6 is 11.6 Å². The number of nitrogens with one attached hydrogen (secondary N) is 1. The lowest BCUT2D eigenvalue weighted by Crippen LogP contribution is -2.21. The van der Waals surface area contributed by atoms with Crippen LogP contribution in [0.3, 0.4) is 0 Å². The number of aliphatic hydroxyl groups is 1. The van der Waals surface area contributed by atoms with Crippen LogP contribution in [0, 0.1) is 5.92 Å². The molecule has 4 heteroatoms. The van der Waals surface area contributed by atoms with Gasteiger partial charge in [-0.1, -0.05) is 25.4 Å². The van der Waals surface area contributed by atoms with E-state index < -0.39 is 0 Å². The van der Waals surface area contributed by atoms with Crippen LogP contribution in [0.15, 0.2) is 18.3 Å². The molecule has 0 radical (unpaired) electrons. The van der Waals surface area contributed by atoms with Crippen molar-refractivity contribution in [1.82, 2.24) is 4.98 Å². The summed E-state index contributed by atoms with van der Waals surface area (Å²) in [6.07, 6.45) is 2.04. The number of rotatable bonds is 5. The topological polar surface area (TPSA) is 45.1 Å². The number of nitrogens with zero attached hydrogens (tertiary/aromatic N) is 1. The Morgan fingerprint density at radius 1 is 1.47 bits per heavy atom. The molecule has 0 amide bonds. The lowest BCUT2D eigenvalue weighted by Gasteiger charge is -2.14. The second-order valence-corrected chi connectivity index (χ2v) is 4.46. The largest absolute Gasteiger partial charge is 0.391 e. The zero-order valence-electron chi connectivity index (χ0n) is 9.07. The second-order valence-electron chi connectivity index (χ2n) is 4.03. The Labute approximate surface area is 95.5 Å². The Morgan fingerprint density at radius 3 is 2.73 bits per heavy atom. The van der Waals surface area contributed by atoms with Crippen molar-refractivity contribution in [2.75, 3.05) is 11.9 Å². The molecule has 3 nitrogen and oxygen atoms in total. The van der Waals surface area contributed by atoms with E-state index in [1.54, 1.807) is 18.3 Å². The molecule has 1 atom stereocenters. The third-order valence-corrected chi connectivity index (χ3v) is 2.21. The van der Waals surface area contributed by atoms with Gasteiger partial charge in [-0.15, -0.1) is 0 Å². The van der Waals surface area contributed by atoms with E-state index in [9.17, 15) is 5.11 Å². The molecule has 0 spiro atoms. The Hall–Kier alpha value is -0.800. The molecule has 1 rings (SSSR count). The van der Waals surface area contributed by atoms with Gasteiger partial charge in [0.2, 0.25) is 0 Å². The summed E-state index contributed by atoms with van der Waals surface area (Å²) in [5.41, 5.74) is 0. The van der Waals surface area contributed by atoms with Crippen LogP contribution in [0.2, 0.25) is 5.02 Å². The number of aromatic nitrogens is 1. The molecule has 0 aliphatic rings. The van der Waals surface area contributed by atoms with Crippen LogP contribution in [-0.2, 0) is 0 Å². The molecule has 0 aliphatic heterocycles. The predicted molar refractivity (Wildman–Crippen MR) is 63.2 cm³/mol. The lowest BCUT2D eigenvalue weighted by molar-refractivity contribution is 0.161. The fourth-order valence-electron chi connectivity index (χ4n) is 1.33. The fourth-order valence-corrected chi connectivity index (χ4v) is 1.44. The van der Waals surface area contributed by atoms with Crippen molar-refractivity contribution in [3.05, 3.63) is 23.4 Å². The number of halogens is 1. The SMILES string of the molecule is CC(C)CC(O)CNc1ccc(Cl)cn1. The molecule has 2 N–H and O–H groups in total. The molecule has 1 aromatic heterocycles. The fraction of sp³-hybridized carbons (Fsp3) is 0.545. The van der Waals surface area contributed by atoms with Crippen molar-refractivity contribution in [3.63, 3.8) is 0 Å². The molecule has 0 saturated heterocycles. The minimum Gasteiger partial charge on any atom is -0.391 e. The summed E-state index contributed by atoms with van der Waals surface area (Å²) >= 11 is 5.70. The average Bonchev–Trinajstić information content (AvgIpc) is 2.16. The van der Waals surface area contributed by atoms with Gasteiger partial charge in [0.25, 0.3) is 0 Å². The maximum absolute atomic E-state index is 9.62. The molecule has 1 aromatic rings. The van der Waals surface area contributed by atoms with Crippen molar-refractivity contribution in [1.29, 1.82) is 0 Å². The minimum atomic E-state index is -0.331. The van der Waals surface area contributed by atoms with Crippen molar-refractivity contribution < 1.29 is 5.11 Å². The van der Waals surface area contributed by atoms with Gasteiger partial charge < -0.3 is 10.4 Å². The van der Waals surface area contributed by atoms with E-state index >= 15 is 0 Å². The average molecular weight is 229 g/mol.